The molecule has 2 N–H and O–H groups in total. The first-order chi connectivity index (χ1) is 10.7. The van der Waals surface area contributed by atoms with Gasteiger partial charge in [-0.3, -0.25) is 4.79 Å². The highest BCUT2D eigenvalue weighted by atomic mass is 16.6. The number of aliphatic hydroxyl groups excluding tert-OH is 1. The summed E-state index contributed by atoms with van der Waals surface area (Å²) in [7, 11) is 0. The first-order valence-corrected chi connectivity index (χ1v) is 8.56. The molecule has 1 atom stereocenters. The van der Waals surface area contributed by atoms with Crippen LogP contribution in [-0.2, 0) is 9.53 Å². The minimum absolute atomic E-state index is 0.0607. The molecular weight excluding hydrogens is 296 g/mol. The minimum atomic E-state index is -0.473. The lowest BCUT2D eigenvalue weighted by Crippen LogP contribution is -2.42. The molecule has 6 heteroatoms. The number of amides is 2. The van der Waals surface area contributed by atoms with Crippen molar-refractivity contribution in [3.63, 3.8) is 0 Å². The summed E-state index contributed by atoms with van der Waals surface area (Å²) in [5.41, 5.74) is -0.473. The highest BCUT2D eigenvalue weighted by Crippen LogP contribution is 2.22. The fourth-order valence-electron chi connectivity index (χ4n) is 2.59. The lowest BCUT2D eigenvalue weighted by atomic mass is 9.93. The topological polar surface area (TPSA) is 78.9 Å². The molecular formula is C17H32N2O4. The van der Waals surface area contributed by atoms with Gasteiger partial charge in [0, 0.05) is 32.7 Å². The van der Waals surface area contributed by atoms with Crippen LogP contribution in [0.3, 0.4) is 0 Å². The molecule has 1 aliphatic heterocycles. The first kappa shape index (κ1) is 19.7. The number of aliphatic hydroxyl groups is 1. The average molecular weight is 328 g/mol. The minimum Gasteiger partial charge on any atom is -0.444 e. The number of carbonyl (C=O) groups is 2. The quantitative estimate of drug-likeness (QED) is 0.783. The zero-order valence-corrected chi connectivity index (χ0v) is 14.9. The van der Waals surface area contributed by atoms with Gasteiger partial charge in [-0.2, -0.15) is 0 Å². The maximum atomic E-state index is 12.0. The number of carbonyl (C=O) groups excluding carboxylic acids is 2. The number of rotatable bonds is 6. The van der Waals surface area contributed by atoms with Gasteiger partial charge in [-0.05, 0) is 51.9 Å². The Hall–Kier alpha value is -1.30. The van der Waals surface area contributed by atoms with E-state index in [0.29, 0.717) is 38.4 Å². The van der Waals surface area contributed by atoms with Gasteiger partial charge in [0.1, 0.15) is 5.60 Å². The van der Waals surface area contributed by atoms with Gasteiger partial charge in [0.25, 0.3) is 0 Å². The number of hydrogen-bond acceptors (Lipinski definition) is 4. The molecule has 0 aromatic heterocycles. The maximum absolute atomic E-state index is 12.0. The van der Waals surface area contributed by atoms with E-state index in [0.717, 1.165) is 12.8 Å². The van der Waals surface area contributed by atoms with E-state index in [1.807, 2.05) is 27.7 Å². The van der Waals surface area contributed by atoms with E-state index in [9.17, 15) is 9.59 Å². The summed E-state index contributed by atoms with van der Waals surface area (Å²) < 4.78 is 5.37. The number of nitrogens with zero attached hydrogens (tertiary/aromatic N) is 1. The molecule has 0 spiro atoms. The highest BCUT2D eigenvalue weighted by molar-refractivity contribution is 5.76. The third kappa shape index (κ3) is 8.21. The number of piperidine rings is 1. The summed E-state index contributed by atoms with van der Waals surface area (Å²) in [5, 5.41) is 11.8. The molecule has 0 bridgehead atoms. The van der Waals surface area contributed by atoms with Crippen LogP contribution >= 0.6 is 0 Å². The number of ether oxygens (including phenoxy) is 1. The average Bonchev–Trinajstić information content (AvgIpc) is 2.44. The smallest absolute Gasteiger partial charge is 0.410 e. The molecule has 0 aliphatic carbocycles. The Kier molecular flexibility index (Phi) is 7.82. The molecule has 0 aromatic carbocycles. The standard InChI is InChI=1S/C17H32N2O4/c1-13(7-10-20)12-18-15(21)11-14-5-8-19(9-6-14)16(22)23-17(2,3)4/h13-14,20H,5-12H2,1-4H3,(H,18,21). The Balaban J connectivity index is 2.25. The first-order valence-electron chi connectivity index (χ1n) is 8.56. The van der Waals surface area contributed by atoms with Crippen molar-refractivity contribution in [3.8, 4) is 0 Å². The zero-order chi connectivity index (χ0) is 17.5. The highest BCUT2D eigenvalue weighted by Gasteiger charge is 2.27. The van der Waals surface area contributed by atoms with E-state index in [-0.39, 0.29) is 24.5 Å². The molecule has 1 heterocycles. The third-order valence-electron chi connectivity index (χ3n) is 4.01. The molecule has 1 saturated heterocycles. The zero-order valence-electron chi connectivity index (χ0n) is 14.9. The molecule has 2 amide bonds. The number of likely N-dealkylation sites (tertiary alicyclic amines) is 1. The molecule has 0 radical (unpaired) electrons. The summed E-state index contributed by atoms with van der Waals surface area (Å²) in [6.07, 6.45) is 2.61. The molecule has 0 aromatic rings. The van der Waals surface area contributed by atoms with E-state index < -0.39 is 5.60 Å². The molecule has 1 aliphatic rings. The van der Waals surface area contributed by atoms with Crippen LogP contribution < -0.4 is 5.32 Å². The Labute approximate surface area is 139 Å². The molecule has 1 fully saturated rings. The molecule has 23 heavy (non-hydrogen) atoms. The second kappa shape index (κ2) is 9.11. The predicted octanol–water partition coefficient (Wildman–Crippen LogP) is 2.16. The van der Waals surface area contributed by atoms with Gasteiger partial charge in [0.05, 0.1) is 0 Å². The fourth-order valence-corrected chi connectivity index (χ4v) is 2.59. The summed E-state index contributed by atoms with van der Waals surface area (Å²) in [6.45, 7) is 9.65. The molecule has 134 valence electrons. The van der Waals surface area contributed by atoms with Gasteiger partial charge in [-0.15, -0.1) is 0 Å². The van der Waals surface area contributed by atoms with Crippen molar-refractivity contribution in [3.05, 3.63) is 0 Å². The summed E-state index contributed by atoms with van der Waals surface area (Å²) in [6, 6.07) is 0. The van der Waals surface area contributed by atoms with E-state index >= 15 is 0 Å². The predicted molar refractivity (Wildman–Crippen MR) is 89.0 cm³/mol. The summed E-state index contributed by atoms with van der Waals surface area (Å²) in [4.78, 5) is 25.7. The van der Waals surface area contributed by atoms with Crippen molar-refractivity contribution in [1.29, 1.82) is 0 Å². The van der Waals surface area contributed by atoms with Crippen molar-refractivity contribution in [2.24, 2.45) is 11.8 Å². The van der Waals surface area contributed by atoms with E-state index in [2.05, 4.69) is 5.32 Å². The summed E-state index contributed by atoms with van der Waals surface area (Å²) in [5.74, 6) is 0.672. The second-order valence-electron chi connectivity index (χ2n) is 7.54. The normalized spacial score (nSPS) is 17.7. The fraction of sp³-hybridized carbons (Fsp3) is 0.882. The van der Waals surface area contributed by atoms with Crippen LogP contribution in [0.4, 0.5) is 4.79 Å². The Morgan fingerprint density at radius 2 is 1.91 bits per heavy atom. The summed E-state index contributed by atoms with van der Waals surface area (Å²) >= 11 is 0. The SMILES string of the molecule is CC(CCO)CNC(=O)CC1CCN(C(=O)OC(C)(C)C)CC1. The van der Waals surface area contributed by atoms with E-state index in [4.69, 9.17) is 9.84 Å². The van der Waals surface area contributed by atoms with Crippen LogP contribution in [-0.4, -0.2) is 53.8 Å². The Morgan fingerprint density at radius 3 is 2.43 bits per heavy atom. The van der Waals surface area contributed by atoms with E-state index in [1.54, 1.807) is 4.90 Å². The lowest BCUT2D eigenvalue weighted by molar-refractivity contribution is -0.122. The second-order valence-corrected chi connectivity index (χ2v) is 7.54. The van der Waals surface area contributed by atoms with Crippen molar-refractivity contribution in [2.45, 2.75) is 59.0 Å². The van der Waals surface area contributed by atoms with Crippen molar-refractivity contribution < 1.29 is 19.4 Å². The number of nitrogens with one attached hydrogen (secondary N) is 1. The van der Waals surface area contributed by atoms with Crippen LogP contribution in [0.2, 0.25) is 0 Å². The van der Waals surface area contributed by atoms with Crippen molar-refractivity contribution >= 4 is 12.0 Å². The third-order valence-corrected chi connectivity index (χ3v) is 4.01. The van der Waals surface area contributed by atoms with E-state index in [1.165, 1.54) is 0 Å². The Bertz CT molecular complexity index is 385. The Morgan fingerprint density at radius 1 is 1.30 bits per heavy atom. The van der Waals surface area contributed by atoms with Crippen LogP contribution in [0, 0.1) is 11.8 Å². The van der Waals surface area contributed by atoms with Crippen molar-refractivity contribution in [2.75, 3.05) is 26.2 Å². The van der Waals surface area contributed by atoms with Gasteiger partial charge >= 0.3 is 6.09 Å². The van der Waals surface area contributed by atoms with Gasteiger partial charge < -0.3 is 20.1 Å². The molecule has 1 rings (SSSR count). The van der Waals surface area contributed by atoms with Gasteiger partial charge in [0.15, 0.2) is 0 Å². The van der Waals surface area contributed by atoms with Crippen molar-refractivity contribution in [1.82, 2.24) is 10.2 Å². The van der Waals surface area contributed by atoms with Crippen LogP contribution in [0.15, 0.2) is 0 Å². The molecule has 1 unspecified atom stereocenters. The van der Waals surface area contributed by atoms with Crippen LogP contribution in [0.5, 0.6) is 0 Å². The van der Waals surface area contributed by atoms with Gasteiger partial charge in [-0.25, -0.2) is 4.79 Å². The van der Waals surface area contributed by atoms with Crippen LogP contribution in [0.25, 0.3) is 0 Å². The number of hydrogen-bond donors (Lipinski definition) is 2. The lowest BCUT2D eigenvalue weighted by Gasteiger charge is -2.33. The van der Waals surface area contributed by atoms with Gasteiger partial charge in [-0.1, -0.05) is 6.92 Å². The molecule has 6 nitrogen and oxygen atoms in total. The maximum Gasteiger partial charge on any atom is 0.410 e. The largest absolute Gasteiger partial charge is 0.444 e. The molecule has 0 saturated carbocycles. The monoisotopic (exact) mass is 328 g/mol. The van der Waals surface area contributed by atoms with Crippen LogP contribution in [0.1, 0.15) is 53.4 Å². The van der Waals surface area contributed by atoms with Gasteiger partial charge in [0.2, 0.25) is 5.91 Å².